The Morgan fingerprint density at radius 1 is 0.591 bits per heavy atom. The van der Waals surface area contributed by atoms with Gasteiger partial charge < -0.3 is 0 Å². The number of rotatable bonds is 6. The van der Waals surface area contributed by atoms with Crippen LogP contribution in [0.1, 0.15) is 20.8 Å². The molecule has 0 aliphatic carbocycles. The molecule has 0 fully saturated rings. The molecule has 0 aromatic rings. The maximum atomic E-state index is 11.0. The fourth-order valence-corrected chi connectivity index (χ4v) is 3.60. The zero-order valence-electron chi connectivity index (χ0n) is 13.2. The Labute approximate surface area is 196 Å². The first kappa shape index (κ1) is 32.4. The van der Waals surface area contributed by atoms with Crippen molar-refractivity contribution in [3.63, 3.8) is 0 Å². The van der Waals surface area contributed by atoms with Crippen LogP contribution in [-0.2, 0) is 30.4 Å². The van der Waals surface area contributed by atoms with Gasteiger partial charge in [0.1, 0.15) is 16.1 Å². The van der Waals surface area contributed by atoms with E-state index in [1.807, 2.05) is 0 Å². The Morgan fingerprint density at radius 2 is 0.727 bits per heavy atom. The van der Waals surface area contributed by atoms with Crippen LogP contribution in [0.25, 0.3) is 0 Å². The third-order valence-electron chi connectivity index (χ3n) is 2.55. The summed E-state index contributed by atoms with van der Waals surface area (Å²) < 4.78 is 92.6. The van der Waals surface area contributed by atoms with Gasteiger partial charge in [0.2, 0.25) is 0 Å². The molecule has 0 aromatic carbocycles. The first-order chi connectivity index (χ1) is 8.10. The van der Waals surface area contributed by atoms with Gasteiger partial charge in [0, 0.05) is 88.7 Å². The molecule has 0 bridgehead atoms. The van der Waals surface area contributed by atoms with Crippen LogP contribution < -0.4 is 0 Å². The van der Waals surface area contributed by atoms with Crippen molar-refractivity contribution in [3.05, 3.63) is 0 Å². The van der Waals surface area contributed by atoms with Gasteiger partial charge in [-0.25, -0.2) is 4.90 Å². The molecule has 0 aromatic heterocycles. The standard InChI is InChI=1S/C6H15NO9S3.3Na/c1-4(17(8,9)10)7(5(2)18(11,12)13)6(3)19(14,15)16;;;/h4-6H,1-3H3,(H,8,9,10)(H,11,12,13)(H,14,15,16);;;. The van der Waals surface area contributed by atoms with Crippen molar-refractivity contribution < 1.29 is 38.9 Å². The van der Waals surface area contributed by atoms with E-state index in [1.165, 1.54) is 0 Å². The molecule has 3 radical (unpaired) electrons. The topological polar surface area (TPSA) is 166 Å². The van der Waals surface area contributed by atoms with Crippen molar-refractivity contribution in [1.82, 2.24) is 4.90 Å². The summed E-state index contributed by atoms with van der Waals surface area (Å²) in [6.07, 6.45) is 0. The van der Waals surface area contributed by atoms with Gasteiger partial charge in [0.15, 0.2) is 0 Å². The summed E-state index contributed by atoms with van der Waals surface area (Å²) in [6, 6.07) is 0. The van der Waals surface area contributed by atoms with Crippen LogP contribution in [-0.4, -0.2) is 149 Å². The Balaban J connectivity index is -0.000000540. The second-order valence-electron chi connectivity index (χ2n) is 3.79. The molecule has 0 heterocycles. The normalized spacial score (nSPS) is 16.5. The first-order valence-electron chi connectivity index (χ1n) is 4.76. The van der Waals surface area contributed by atoms with Gasteiger partial charge in [-0.15, -0.1) is 0 Å². The molecule has 10 nitrogen and oxygen atoms in total. The van der Waals surface area contributed by atoms with Crippen LogP contribution >= 0.6 is 0 Å². The van der Waals surface area contributed by atoms with Crippen molar-refractivity contribution >= 4 is 119 Å². The van der Waals surface area contributed by atoms with Gasteiger partial charge in [0.25, 0.3) is 30.4 Å². The van der Waals surface area contributed by atoms with E-state index >= 15 is 0 Å². The first-order valence-corrected chi connectivity index (χ1v) is 9.27. The van der Waals surface area contributed by atoms with E-state index in [-0.39, 0.29) is 93.6 Å². The van der Waals surface area contributed by atoms with Gasteiger partial charge in [-0.05, 0) is 20.8 Å². The minimum atomic E-state index is -4.84. The predicted octanol–water partition coefficient (Wildman–Crippen LogP) is -2.15. The van der Waals surface area contributed by atoms with Crippen LogP contribution in [0.15, 0.2) is 0 Å². The molecule has 0 spiro atoms. The number of hydrogen-bond acceptors (Lipinski definition) is 7. The van der Waals surface area contributed by atoms with Crippen molar-refractivity contribution in [2.45, 2.75) is 36.9 Å². The van der Waals surface area contributed by atoms with Crippen LogP contribution in [0.4, 0.5) is 0 Å². The van der Waals surface area contributed by atoms with Gasteiger partial charge in [-0.3, -0.25) is 13.7 Å². The average molecular weight is 410 g/mol. The van der Waals surface area contributed by atoms with Gasteiger partial charge in [-0.2, -0.15) is 25.3 Å². The molecular formula is C6H15NNa3O9S3. The molecule has 0 rings (SSSR count). The monoisotopic (exact) mass is 410 g/mol. The minimum absolute atomic E-state index is 0. The SMILES string of the molecule is CC(N(C(C)S(=O)(=O)O)C(C)S(=O)(=O)O)S(=O)(=O)O.[Na].[Na].[Na]. The van der Waals surface area contributed by atoms with E-state index in [1.54, 1.807) is 0 Å². The smallest absolute Gasteiger partial charge is 0.281 e. The second-order valence-corrected chi connectivity index (χ2v) is 8.93. The van der Waals surface area contributed by atoms with Crippen molar-refractivity contribution in [2.75, 3.05) is 0 Å². The summed E-state index contributed by atoms with van der Waals surface area (Å²) in [5.74, 6) is 0. The zero-order valence-corrected chi connectivity index (χ0v) is 21.6. The Hall–Kier alpha value is 2.69. The van der Waals surface area contributed by atoms with Crippen LogP contribution in [0.5, 0.6) is 0 Å². The molecule has 0 saturated heterocycles. The van der Waals surface area contributed by atoms with Crippen LogP contribution in [0.3, 0.4) is 0 Å². The van der Waals surface area contributed by atoms with Crippen LogP contribution in [0.2, 0.25) is 0 Å². The Kier molecular flexibility index (Phi) is 16.8. The fraction of sp³-hybridized carbons (Fsp3) is 1.00. The van der Waals surface area contributed by atoms with Crippen molar-refractivity contribution in [3.8, 4) is 0 Å². The molecule has 0 aliphatic rings. The summed E-state index contributed by atoms with van der Waals surface area (Å²) in [5, 5.41) is -5.95. The van der Waals surface area contributed by atoms with Gasteiger partial charge in [-0.1, -0.05) is 0 Å². The second kappa shape index (κ2) is 11.4. The molecule has 119 valence electrons. The van der Waals surface area contributed by atoms with Crippen molar-refractivity contribution in [2.24, 2.45) is 0 Å². The predicted molar refractivity (Wildman–Crippen MR) is 82.1 cm³/mol. The number of hydrogen-bond donors (Lipinski definition) is 3. The molecule has 16 heteroatoms. The molecule has 3 unspecified atom stereocenters. The van der Waals surface area contributed by atoms with E-state index in [9.17, 15) is 25.3 Å². The largest absolute Gasteiger partial charge is 0.284 e. The molecule has 0 amide bonds. The third kappa shape index (κ3) is 9.99. The fourth-order valence-electron chi connectivity index (χ4n) is 1.35. The summed E-state index contributed by atoms with van der Waals surface area (Å²) >= 11 is 0. The molecule has 0 saturated carbocycles. The maximum Gasteiger partial charge on any atom is 0.281 e. The Morgan fingerprint density at radius 3 is 0.818 bits per heavy atom. The van der Waals surface area contributed by atoms with Gasteiger partial charge >= 0.3 is 0 Å². The summed E-state index contributed by atoms with van der Waals surface area (Å²) in [4.78, 5) is 0.236. The Bertz CT molecular complexity index is 541. The maximum absolute atomic E-state index is 11.0. The van der Waals surface area contributed by atoms with E-state index in [0.29, 0.717) is 0 Å². The van der Waals surface area contributed by atoms with E-state index < -0.39 is 46.5 Å². The molecule has 22 heavy (non-hydrogen) atoms. The minimum Gasteiger partial charge on any atom is -0.284 e. The molecule has 3 atom stereocenters. The third-order valence-corrected chi connectivity index (χ3v) is 5.87. The van der Waals surface area contributed by atoms with E-state index in [0.717, 1.165) is 20.8 Å². The zero-order chi connectivity index (χ0) is 15.8. The molecular weight excluding hydrogens is 395 g/mol. The van der Waals surface area contributed by atoms with Crippen LogP contribution in [0, 0.1) is 0 Å². The summed E-state index contributed by atoms with van der Waals surface area (Å²) in [6.45, 7) is 2.41. The number of nitrogens with zero attached hydrogens (tertiary/aromatic N) is 1. The van der Waals surface area contributed by atoms with Gasteiger partial charge in [0.05, 0.1) is 0 Å². The van der Waals surface area contributed by atoms with E-state index in [4.69, 9.17) is 13.7 Å². The van der Waals surface area contributed by atoms with Crippen molar-refractivity contribution in [1.29, 1.82) is 0 Å². The molecule has 3 N–H and O–H groups in total. The summed E-state index contributed by atoms with van der Waals surface area (Å²) in [7, 11) is -14.5. The average Bonchev–Trinajstić information content (AvgIpc) is 2.13. The quantitative estimate of drug-likeness (QED) is 0.324. The summed E-state index contributed by atoms with van der Waals surface area (Å²) in [5.41, 5.74) is 0. The van der Waals surface area contributed by atoms with E-state index in [2.05, 4.69) is 0 Å². The molecule has 0 aliphatic heterocycles.